The van der Waals surface area contributed by atoms with Crippen molar-refractivity contribution in [3.05, 3.63) is 12.2 Å². The lowest BCUT2D eigenvalue weighted by Gasteiger charge is -2.38. The number of ether oxygens (including phenoxy) is 1. The first-order valence-electron chi connectivity index (χ1n) is 5.14. The normalized spacial score (nSPS) is 52.7. The summed E-state index contributed by atoms with van der Waals surface area (Å²) < 4.78 is 5.96. The van der Waals surface area contributed by atoms with Crippen LogP contribution in [-0.2, 0) is 9.53 Å². The van der Waals surface area contributed by atoms with Crippen LogP contribution in [0, 0.1) is 11.8 Å². The number of rotatable bonds is 0. The van der Waals surface area contributed by atoms with E-state index in [0.29, 0.717) is 5.78 Å². The molecular formula is C11H14O2. The van der Waals surface area contributed by atoms with E-state index in [4.69, 9.17) is 4.74 Å². The minimum Gasteiger partial charge on any atom is -0.362 e. The fourth-order valence-corrected chi connectivity index (χ4v) is 3.06. The fraction of sp³-hybridized carbons (Fsp3) is 0.727. The Hall–Kier alpha value is -0.630. The maximum atomic E-state index is 11.9. The Kier molecular flexibility index (Phi) is 1.33. The molecule has 1 saturated carbocycles. The van der Waals surface area contributed by atoms with Crippen molar-refractivity contribution in [3.8, 4) is 0 Å². The molecule has 3 aliphatic rings. The average molecular weight is 178 g/mol. The fourth-order valence-electron chi connectivity index (χ4n) is 3.06. The quantitative estimate of drug-likeness (QED) is 0.528. The summed E-state index contributed by atoms with van der Waals surface area (Å²) in [5.41, 5.74) is -0.172. The maximum absolute atomic E-state index is 11.9. The summed E-state index contributed by atoms with van der Waals surface area (Å²) in [6.45, 7) is 1.99. The van der Waals surface area contributed by atoms with Crippen molar-refractivity contribution in [1.82, 2.24) is 0 Å². The Morgan fingerprint density at radius 2 is 2.46 bits per heavy atom. The van der Waals surface area contributed by atoms with Gasteiger partial charge in [-0.2, -0.15) is 0 Å². The van der Waals surface area contributed by atoms with Crippen molar-refractivity contribution in [2.75, 3.05) is 0 Å². The molecule has 2 aliphatic heterocycles. The van der Waals surface area contributed by atoms with Crippen LogP contribution in [0.25, 0.3) is 0 Å². The third-order valence-electron chi connectivity index (χ3n) is 3.86. The van der Waals surface area contributed by atoms with Crippen LogP contribution < -0.4 is 0 Å². The van der Waals surface area contributed by atoms with Crippen LogP contribution in [0.2, 0.25) is 0 Å². The van der Waals surface area contributed by atoms with Crippen LogP contribution in [0.5, 0.6) is 0 Å². The molecule has 0 aromatic rings. The Labute approximate surface area is 78.0 Å². The molecule has 1 saturated heterocycles. The van der Waals surface area contributed by atoms with Crippen LogP contribution in [-0.4, -0.2) is 17.5 Å². The Bertz CT molecular complexity index is 294. The molecule has 2 nitrogen and oxygen atoms in total. The van der Waals surface area contributed by atoms with E-state index in [9.17, 15) is 4.79 Å². The first-order chi connectivity index (χ1) is 6.23. The molecule has 2 heteroatoms. The smallest absolute Gasteiger partial charge is 0.144 e. The van der Waals surface area contributed by atoms with Gasteiger partial charge in [-0.1, -0.05) is 19.1 Å². The molecule has 1 aliphatic carbocycles. The molecule has 2 fully saturated rings. The van der Waals surface area contributed by atoms with Gasteiger partial charge < -0.3 is 4.74 Å². The van der Waals surface area contributed by atoms with Gasteiger partial charge in [-0.15, -0.1) is 0 Å². The van der Waals surface area contributed by atoms with Gasteiger partial charge in [-0.05, 0) is 19.3 Å². The predicted octanol–water partition coefficient (Wildman–Crippen LogP) is 1.70. The molecule has 1 spiro atoms. The van der Waals surface area contributed by atoms with E-state index < -0.39 is 0 Å². The Balaban J connectivity index is 2.06. The zero-order valence-electron chi connectivity index (χ0n) is 7.82. The highest BCUT2D eigenvalue weighted by Gasteiger charge is 2.55. The third kappa shape index (κ3) is 0.798. The van der Waals surface area contributed by atoms with Gasteiger partial charge in [0.05, 0.1) is 17.6 Å². The monoisotopic (exact) mass is 178 g/mol. The molecule has 0 unspecified atom stereocenters. The first kappa shape index (κ1) is 7.74. The summed E-state index contributed by atoms with van der Waals surface area (Å²) in [6.07, 6.45) is 7.52. The largest absolute Gasteiger partial charge is 0.362 e. The second-order valence-corrected chi connectivity index (χ2v) is 4.53. The van der Waals surface area contributed by atoms with Crippen molar-refractivity contribution >= 4 is 5.78 Å². The van der Waals surface area contributed by atoms with Crippen molar-refractivity contribution in [3.63, 3.8) is 0 Å². The third-order valence-corrected chi connectivity index (χ3v) is 3.86. The maximum Gasteiger partial charge on any atom is 0.144 e. The van der Waals surface area contributed by atoms with Crippen LogP contribution in [0.15, 0.2) is 12.2 Å². The predicted molar refractivity (Wildman–Crippen MR) is 48.3 cm³/mol. The van der Waals surface area contributed by atoms with Crippen LogP contribution in [0.3, 0.4) is 0 Å². The topological polar surface area (TPSA) is 26.3 Å². The van der Waals surface area contributed by atoms with E-state index in [1.54, 1.807) is 0 Å². The summed E-state index contributed by atoms with van der Waals surface area (Å²) in [5.74, 6) is 0.672. The second-order valence-electron chi connectivity index (χ2n) is 4.53. The van der Waals surface area contributed by atoms with Crippen molar-refractivity contribution in [1.29, 1.82) is 0 Å². The van der Waals surface area contributed by atoms with Gasteiger partial charge >= 0.3 is 0 Å². The van der Waals surface area contributed by atoms with E-state index in [0.717, 1.165) is 19.3 Å². The molecule has 3 rings (SSSR count). The molecule has 2 bridgehead atoms. The molecule has 70 valence electrons. The average Bonchev–Trinajstić information content (AvgIpc) is 2.70. The summed E-state index contributed by atoms with van der Waals surface area (Å²) in [4.78, 5) is 11.9. The molecule has 0 aromatic heterocycles. The molecule has 4 atom stereocenters. The number of ketones is 1. The molecule has 13 heavy (non-hydrogen) atoms. The van der Waals surface area contributed by atoms with Gasteiger partial charge in [0.1, 0.15) is 5.78 Å². The summed E-state index contributed by atoms with van der Waals surface area (Å²) in [6, 6.07) is 0. The summed E-state index contributed by atoms with van der Waals surface area (Å²) >= 11 is 0. The molecule has 0 amide bonds. The molecule has 0 N–H and O–H groups in total. The number of carbonyl (C=O) groups is 1. The molecule has 0 aromatic carbocycles. The second kappa shape index (κ2) is 2.24. The zero-order valence-corrected chi connectivity index (χ0v) is 7.82. The van der Waals surface area contributed by atoms with Gasteiger partial charge in [-0.3, -0.25) is 4.79 Å². The molecule has 2 heterocycles. The minimum atomic E-state index is -0.172. The number of Topliss-reactive ketones (excluding diaryl/α,β-unsaturated/α-hetero) is 1. The minimum absolute atomic E-state index is 0.0712. The lowest BCUT2D eigenvalue weighted by Crippen LogP contribution is -2.48. The van der Waals surface area contributed by atoms with Gasteiger partial charge in [0.2, 0.25) is 0 Å². The van der Waals surface area contributed by atoms with E-state index >= 15 is 0 Å². The van der Waals surface area contributed by atoms with Crippen LogP contribution >= 0.6 is 0 Å². The van der Waals surface area contributed by atoms with Gasteiger partial charge in [0, 0.05) is 5.92 Å². The van der Waals surface area contributed by atoms with E-state index in [-0.39, 0.29) is 23.5 Å². The first-order valence-corrected chi connectivity index (χ1v) is 5.14. The highest BCUT2D eigenvalue weighted by Crippen LogP contribution is 2.50. The van der Waals surface area contributed by atoms with Gasteiger partial charge in [0.15, 0.2) is 0 Å². The highest BCUT2D eigenvalue weighted by atomic mass is 16.5. The van der Waals surface area contributed by atoms with Gasteiger partial charge in [-0.25, -0.2) is 0 Å². The number of fused-ring (bicyclic) bond motifs is 1. The van der Waals surface area contributed by atoms with Crippen molar-refractivity contribution in [2.45, 2.75) is 37.9 Å². The lowest BCUT2D eigenvalue weighted by molar-refractivity contribution is -0.155. The van der Waals surface area contributed by atoms with Gasteiger partial charge in [0.25, 0.3) is 0 Å². The van der Waals surface area contributed by atoms with E-state index in [2.05, 4.69) is 12.2 Å². The number of carbonyl (C=O) groups excluding carboxylic acids is 1. The summed E-state index contributed by atoms with van der Waals surface area (Å²) in [7, 11) is 0. The molecule has 0 radical (unpaired) electrons. The highest BCUT2D eigenvalue weighted by molar-refractivity contribution is 5.87. The number of hydrogen-bond donors (Lipinski definition) is 0. The SMILES string of the molecule is C[C@@H]1C(=O)[C@@H]2CCC[C@@]23C=C[C@@H]1O3. The zero-order chi connectivity index (χ0) is 9.05. The Morgan fingerprint density at radius 1 is 1.62 bits per heavy atom. The van der Waals surface area contributed by atoms with Crippen LogP contribution in [0.4, 0.5) is 0 Å². The number of hydrogen-bond acceptors (Lipinski definition) is 2. The lowest BCUT2D eigenvalue weighted by atomic mass is 9.81. The van der Waals surface area contributed by atoms with Crippen molar-refractivity contribution in [2.24, 2.45) is 11.8 Å². The van der Waals surface area contributed by atoms with Crippen molar-refractivity contribution < 1.29 is 9.53 Å². The van der Waals surface area contributed by atoms with Crippen LogP contribution in [0.1, 0.15) is 26.2 Å². The standard InChI is InChI=1S/C11H14O2/c1-7-9-4-6-11(13-9)5-2-3-8(11)10(7)12/h4,6-9H,2-3,5H2,1H3/t7-,8-,9-,11+/m0/s1. The Morgan fingerprint density at radius 3 is 3.31 bits per heavy atom. The van der Waals surface area contributed by atoms with E-state index in [1.807, 2.05) is 6.92 Å². The van der Waals surface area contributed by atoms with E-state index in [1.165, 1.54) is 0 Å². The summed E-state index contributed by atoms with van der Waals surface area (Å²) in [5, 5.41) is 0. The molecular weight excluding hydrogens is 164 g/mol.